The third kappa shape index (κ3) is 2.93. The van der Waals surface area contributed by atoms with Crippen LogP contribution < -0.4 is 11.5 Å². The minimum atomic E-state index is -0.360. The highest BCUT2D eigenvalue weighted by molar-refractivity contribution is 4.86. The van der Waals surface area contributed by atoms with E-state index in [0.717, 1.165) is 6.42 Å². The Balaban J connectivity index is 2.47. The molecule has 0 amide bonds. The van der Waals surface area contributed by atoms with Crippen molar-refractivity contribution in [2.75, 3.05) is 13.1 Å². The Hall–Kier alpha value is -0.120. The van der Waals surface area contributed by atoms with Crippen molar-refractivity contribution in [3.8, 4) is 0 Å². The van der Waals surface area contributed by atoms with Crippen LogP contribution in [0.4, 0.5) is 0 Å². The van der Waals surface area contributed by atoms with Crippen LogP contribution in [-0.4, -0.2) is 24.3 Å². The Morgan fingerprint density at radius 1 is 1.15 bits per heavy atom. The minimum absolute atomic E-state index is 0.192. The van der Waals surface area contributed by atoms with Crippen LogP contribution in [0.2, 0.25) is 0 Å². The van der Waals surface area contributed by atoms with Crippen LogP contribution in [0.15, 0.2) is 0 Å². The molecule has 0 aromatic carbocycles. The summed E-state index contributed by atoms with van der Waals surface area (Å²) < 4.78 is 0. The Morgan fingerprint density at radius 2 is 1.77 bits per heavy atom. The first-order chi connectivity index (χ1) is 6.22. The molecule has 1 aliphatic rings. The molecule has 1 saturated carbocycles. The highest BCUT2D eigenvalue weighted by atomic mass is 16.3. The van der Waals surface area contributed by atoms with E-state index in [2.05, 4.69) is 0 Å². The molecule has 5 N–H and O–H groups in total. The topological polar surface area (TPSA) is 72.3 Å². The summed E-state index contributed by atoms with van der Waals surface area (Å²) >= 11 is 0. The van der Waals surface area contributed by atoms with Gasteiger partial charge in [-0.2, -0.15) is 0 Å². The summed E-state index contributed by atoms with van der Waals surface area (Å²) in [5.74, 6) is 0. The molecular formula is C10H22N2O. The summed E-state index contributed by atoms with van der Waals surface area (Å²) in [6.45, 7) is 1.06. The Bertz CT molecular complexity index is 144. The maximum Gasteiger partial charge on any atom is 0.0668 e. The van der Waals surface area contributed by atoms with E-state index in [9.17, 15) is 5.11 Å². The molecule has 0 unspecified atom stereocenters. The summed E-state index contributed by atoms with van der Waals surface area (Å²) in [6, 6.07) is 0. The lowest BCUT2D eigenvalue weighted by molar-refractivity contribution is 0.0796. The molecule has 3 heteroatoms. The predicted molar refractivity (Wildman–Crippen MR) is 54.3 cm³/mol. The molecule has 0 radical (unpaired) electrons. The average Bonchev–Trinajstić information content (AvgIpc) is 2.19. The number of aliphatic hydroxyl groups excluding tert-OH is 1. The largest absolute Gasteiger partial charge is 0.392 e. The first kappa shape index (κ1) is 11.0. The lowest BCUT2D eigenvalue weighted by Crippen LogP contribution is -2.38. The summed E-state index contributed by atoms with van der Waals surface area (Å²) in [5, 5.41) is 9.53. The fraction of sp³-hybridized carbons (Fsp3) is 1.00. The van der Waals surface area contributed by atoms with E-state index < -0.39 is 0 Å². The quantitative estimate of drug-likeness (QED) is 0.602. The van der Waals surface area contributed by atoms with Crippen LogP contribution in [0.3, 0.4) is 0 Å². The van der Waals surface area contributed by atoms with Crippen molar-refractivity contribution >= 4 is 0 Å². The van der Waals surface area contributed by atoms with Crippen molar-refractivity contribution in [1.29, 1.82) is 0 Å². The normalized spacial score (nSPS) is 24.2. The van der Waals surface area contributed by atoms with Gasteiger partial charge in [-0.1, -0.05) is 19.3 Å². The number of hydrogen-bond acceptors (Lipinski definition) is 3. The second-order valence-electron chi connectivity index (χ2n) is 4.36. The van der Waals surface area contributed by atoms with Crippen LogP contribution in [0.5, 0.6) is 0 Å². The van der Waals surface area contributed by atoms with Gasteiger partial charge in [0.05, 0.1) is 6.10 Å². The number of rotatable bonds is 4. The molecular weight excluding hydrogens is 164 g/mol. The lowest BCUT2D eigenvalue weighted by atomic mass is 9.71. The zero-order valence-electron chi connectivity index (χ0n) is 8.34. The highest BCUT2D eigenvalue weighted by Crippen LogP contribution is 2.39. The summed E-state index contributed by atoms with van der Waals surface area (Å²) in [5.41, 5.74) is 11.4. The van der Waals surface area contributed by atoms with Gasteiger partial charge in [0.25, 0.3) is 0 Å². The van der Waals surface area contributed by atoms with Crippen molar-refractivity contribution in [2.24, 2.45) is 16.9 Å². The van der Waals surface area contributed by atoms with Crippen molar-refractivity contribution in [3.05, 3.63) is 0 Å². The van der Waals surface area contributed by atoms with E-state index in [0.29, 0.717) is 13.1 Å². The second kappa shape index (κ2) is 4.94. The van der Waals surface area contributed by atoms with E-state index in [4.69, 9.17) is 11.5 Å². The fourth-order valence-electron chi connectivity index (χ4n) is 2.38. The highest BCUT2D eigenvalue weighted by Gasteiger charge is 2.32. The Labute approximate surface area is 80.5 Å². The molecule has 0 heterocycles. The molecule has 0 aromatic rings. The van der Waals surface area contributed by atoms with E-state index in [1.807, 2.05) is 0 Å². The lowest BCUT2D eigenvalue weighted by Gasteiger charge is -2.37. The molecule has 3 nitrogen and oxygen atoms in total. The second-order valence-corrected chi connectivity index (χ2v) is 4.36. The maximum atomic E-state index is 9.53. The van der Waals surface area contributed by atoms with Crippen LogP contribution in [0, 0.1) is 5.41 Å². The maximum absolute atomic E-state index is 9.53. The molecule has 0 aromatic heterocycles. The van der Waals surface area contributed by atoms with Gasteiger partial charge in [0, 0.05) is 6.54 Å². The van der Waals surface area contributed by atoms with E-state index in [1.165, 1.54) is 32.1 Å². The molecule has 1 atom stereocenters. The fourth-order valence-corrected chi connectivity index (χ4v) is 2.38. The minimum Gasteiger partial charge on any atom is -0.392 e. The van der Waals surface area contributed by atoms with Crippen molar-refractivity contribution in [3.63, 3.8) is 0 Å². The summed E-state index contributed by atoms with van der Waals surface area (Å²) in [7, 11) is 0. The molecule has 0 spiro atoms. The zero-order chi connectivity index (χ0) is 9.73. The standard InChI is InChI=1S/C10H22N2O/c11-7-9(13)6-10(8-12)4-2-1-3-5-10/h9,13H,1-8,11-12H2/t9-/m0/s1. The molecule has 13 heavy (non-hydrogen) atoms. The molecule has 1 aliphatic carbocycles. The van der Waals surface area contributed by atoms with Crippen LogP contribution in [-0.2, 0) is 0 Å². The van der Waals surface area contributed by atoms with E-state index in [1.54, 1.807) is 0 Å². The van der Waals surface area contributed by atoms with Gasteiger partial charge < -0.3 is 16.6 Å². The van der Waals surface area contributed by atoms with Gasteiger partial charge in [0.1, 0.15) is 0 Å². The predicted octanol–water partition coefficient (Wildman–Crippen LogP) is 0.605. The first-order valence-electron chi connectivity index (χ1n) is 5.31. The molecule has 0 saturated heterocycles. The van der Waals surface area contributed by atoms with Gasteiger partial charge in [-0.05, 0) is 31.2 Å². The Morgan fingerprint density at radius 3 is 2.23 bits per heavy atom. The van der Waals surface area contributed by atoms with Gasteiger partial charge in [-0.3, -0.25) is 0 Å². The van der Waals surface area contributed by atoms with Crippen molar-refractivity contribution < 1.29 is 5.11 Å². The van der Waals surface area contributed by atoms with E-state index >= 15 is 0 Å². The van der Waals surface area contributed by atoms with Gasteiger partial charge in [0.15, 0.2) is 0 Å². The average molecular weight is 186 g/mol. The van der Waals surface area contributed by atoms with Gasteiger partial charge in [-0.25, -0.2) is 0 Å². The van der Waals surface area contributed by atoms with E-state index in [-0.39, 0.29) is 11.5 Å². The molecule has 0 aliphatic heterocycles. The number of aliphatic hydroxyl groups is 1. The van der Waals surface area contributed by atoms with Crippen molar-refractivity contribution in [1.82, 2.24) is 0 Å². The van der Waals surface area contributed by atoms with Crippen LogP contribution in [0.1, 0.15) is 38.5 Å². The smallest absolute Gasteiger partial charge is 0.0668 e. The number of nitrogens with two attached hydrogens (primary N) is 2. The summed E-state index contributed by atoms with van der Waals surface area (Å²) in [4.78, 5) is 0. The molecule has 78 valence electrons. The van der Waals surface area contributed by atoms with Gasteiger partial charge in [0.2, 0.25) is 0 Å². The van der Waals surface area contributed by atoms with Crippen LogP contribution >= 0.6 is 0 Å². The molecule has 0 bridgehead atoms. The Kier molecular flexibility index (Phi) is 4.16. The van der Waals surface area contributed by atoms with Gasteiger partial charge in [-0.15, -0.1) is 0 Å². The molecule has 1 fully saturated rings. The third-order valence-electron chi connectivity index (χ3n) is 3.29. The van der Waals surface area contributed by atoms with Crippen molar-refractivity contribution in [2.45, 2.75) is 44.6 Å². The molecule has 1 rings (SSSR count). The van der Waals surface area contributed by atoms with Gasteiger partial charge >= 0.3 is 0 Å². The SMILES string of the molecule is NC[C@@H](O)CC1(CN)CCCCC1. The third-order valence-corrected chi connectivity index (χ3v) is 3.29. The summed E-state index contributed by atoms with van der Waals surface area (Å²) in [6.07, 6.45) is 6.60. The first-order valence-corrected chi connectivity index (χ1v) is 5.31. The monoisotopic (exact) mass is 186 g/mol. The van der Waals surface area contributed by atoms with Crippen LogP contribution in [0.25, 0.3) is 0 Å². The number of hydrogen-bond donors (Lipinski definition) is 3. The zero-order valence-corrected chi connectivity index (χ0v) is 8.34.